The Morgan fingerprint density at radius 1 is 1.60 bits per heavy atom. The molecule has 1 aliphatic carbocycles. The molecule has 0 fully saturated rings. The first-order valence-electron chi connectivity index (χ1n) is 2.93. The lowest BCUT2D eigenvalue weighted by Gasteiger charge is -2.27. The summed E-state index contributed by atoms with van der Waals surface area (Å²) in [7, 11) is 1.71. The van der Waals surface area contributed by atoms with Crippen molar-refractivity contribution in [3.8, 4) is 0 Å². The highest BCUT2D eigenvalue weighted by Crippen LogP contribution is 2.34. The molecule has 3 heteroatoms. The van der Waals surface area contributed by atoms with E-state index in [2.05, 4.69) is 44.6 Å². The highest BCUT2D eigenvalue weighted by molar-refractivity contribution is 14.1. The first kappa shape index (κ1) is 8.74. The van der Waals surface area contributed by atoms with Crippen LogP contribution in [0.3, 0.4) is 0 Å². The normalized spacial score (nSPS) is 38.5. The molecule has 0 aromatic carbocycles. The van der Waals surface area contributed by atoms with E-state index in [4.69, 9.17) is 4.74 Å². The fraction of sp³-hybridized carbons (Fsp3) is 0.429. The van der Waals surface area contributed by atoms with Gasteiger partial charge in [-0.3, -0.25) is 0 Å². The van der Waals surface area contributed by atoms with Crippen molar-refractivity contribution in [3.05, 3.63) is 24.3 Å². The monoisotopic (exact) mass is 314 g/mol. The van der Waals surface area contributed by atoms with E-state index >= 15 is 0 Å². The molecule has 2 unspecified atom stereocenters. The summed E-state index contributed by atoms with van der Waals surface area (Å²) < 4.78 is 5.09. The number of ether oxygens (including phenoxy) is 1. The van der Waals surface area contributed by atoms with Crippen molar-refractivity contribution < 1.29 is 4.74 Å². The molecular formula is C7H8BrIO. The van der Waals surface area contributed by atoms with E-state index in [1.165, 1.54) is 0 Å². The largest absolute Gasteiger partial charge is 0.363 e. The number of rotatable bonds is 1. The number of hydrogen-bond acceptors (Lipinski definition) is 1. The molecule has 0 spiro atoms. The Morgan fingerprint density at radius 3 is 2.70 bits per heavy atom. The van der Waals surface area contributed by atoms with Crippen molar-refractivity contribution in [2.45, 2.75) is 8.43 Å². The molecule has 1 nitrogen and oxygen atoms in total. The minimum Gasteiger partial charge on any atom is -0.363 e. The van der Waals surface area contributed by atoms with Crippen molar-refractivity contribution in [3.63, 3.8) is 0 Å². The second kappa shape index (κ2) is 3.36. The van der Waals surface area contributed by atoms with Gasteiger partial charge in [0.05, 0.1) is 4.83 Å². The van der Waals surface area contributed by atoms with Crippen LogP contribution in [0.15, 0.2) is 24.3 Å². The summed E-state index contributed by atoms with van der Waals surface area (Å²) in [5.74, 6) is 0. The van der Waals surface area contributed by atoms with Crippen molar-refractivity contribution in [1.29, 1.82) is 0 Å². The van der Waals surface area contributed by atoms with Gasteiger partial charge >= 0.3 is 0 Å². The zero-order valence-corrected chi connectivity index (χ0v) is 9.29. The van der Waals surface area contributed by atoms with Crippen molar-refractivity contribution in [2.75, 3.05) is 7.11 Å². The molecule has 0 aromatic heterocycles. The Hall–Kier alpha value is 0.650. The first-order valence-corrected chi connectivity index (χ1v) is 4.92. The molecule has 0 saturated heterocycles. The minimum atomic E-state index is -0.202. The van der Waals surface area contributed by atoms with E-state index < -0.39 is 0 Å². The van der Waals surface area contributed by atoms with Crippen LogP contribution in [0.25, 0.3) is 0 Å². The Kier molecular flexibility index (Phi) is 2.94. The highest BCUT2D eigenvalue weighted by Gasteiger charge is 2.30. The lowest BCUT2D eigenvalue weighted by Crippen LogP contribution is -2.31. The van der Waals surface area contributed by atoms with Gasteiger partial charge in [-0.15, -0.1) is 0 Å². The zero-order valence-electron chi connectivity index (χ0n) is 5.55. The van der Waals surface area contributed by atoms with Crippen molar-refractivity contribution in [2.24, 2.45) is 0 Å². The third-order valence-electron chi connectivity index (χ3n) is 1.40. The summed E-state index contributed by atoms with van der Waals surface area (Å²) >= 11 is 5.77. The second-order valence-corrected chi connectivity index (χ2v) is 4.72. The van der Waals surface area contributed by atoms with E-state index in [-0.39, 0.29) is 8.43 Å². The molecule has 56 valence electrons. The van der Waals surface area contributed by atoms with Crippen LogP contribution in [0.5, 0.6) is 0 Å². The van der Waals surface area contributed by atoms with E-state index in [1.807, 2.05) is 18.2 Å². The van der Waals surface area contributed by atoms with Gasteiger partial charge in [0.15, 0.2) is 3.61 Å². The van der Waals surface area contributed by atoms with Gasteiger partial charge in [0.25, 0.3) is 0 Å². The summed E-state index contributed by atoms with van der Waals surface area (Å²) in [6.07, 6.45) is 8.10. The molecule has 0 heterocycles. The SMILES string of the molecule is COC1(I)C=CC=CC1Br. The second-order valence-electron chi connectivity index (χ2n) is 2.05. The third-order valence-corrected chi connectivity index (χ3v) is 4.72. The van der Waals surface area contributed by atoms with Gasteiger partial charge < -0.3 is 4.74 Å². The maximum absolute atomic E-state index is 5.29. The van der Waals surface area contributed by atoms with E-state index in [0.29, 0.717) is 0 Å². The molecule has 1 rings (SSSR count). The molecule has 0 aromatic rings. The summed E-state index contributed by atoms with van der Waals surface area (Å²) in [4.78, 5) is 0.274. The molecular weight excluding hydrogens is 307 g/mol. The number of allylic oxidation sites excluding steroid dienone is 2. The van der Waals surface area contributed by atoms with Crippen LogP contribution in [0.2, 0.25) is 0 Å². The summed E-state index contributed by atoms with van der Waals surface area (Å²) in [6, 6.07) is 0. The Labute approximate surface area is 82.8 Å². The van der Waals surface area contributed by atoms with Crippen LogP contribution in [-0.4, -0.2) is 15.5 Å². The Bertz CT molecular complexity index is 178. The van der Waals surface area contributed by atoms with Gasteiger partial charge in [0.2, 0.25) is 0 Å². The minimum absolute atomic E-state index is 0.202. The third kappa shape index (κ3) is 1.62. The summed E-state index contributed by atoms with van der Waals surface area (Å²) in [6.45, 7) is 0. The summed E-state index contributed by atoms with van der Waals surface area (Å²) in [5, 5.41) is 0. The van der Waals surface area contributed by atoms with Crippen LogP contribution < -0.4 is 0 Å². The molecule has 0 bridgehead atoms. The predicted octanol–water partition coefficient (Wildman–Crippen LogP) is 2.65. The molecule has 1 aliphatic rings. The van der Waals surface area contributed by atoms with Crippen molar-refractivity contribution in [1.82, 2.24) is 0 Å². The van der Waals surface area contributed by atoms with Crippen LogP contribution >= 0.6 is 38.5 Å². The first-order chi connectivity index (χ1) is 4.69. The molecule has 0 N–H and O–H groups in total. The van der Waals surface area contributed by atoms with Gasteiger partial charge in [0, 0.05) is 7.11 Å². The van der Waals surface area contributed by atoms with Crippen molar-refractivity contribution >= 4 is 38.5 Å². The molecule has 0 saturated carbocycles. The molecule has 10 heavy (non-hydrogen) atoms. The quantitative estimate of drug-likeness (QED) is 0.534. The zero-order chi connectivity index (χ0) is 7.61. The average molecular weight is 315 g/mol. The van der Waals surface area contributed by atoms with Crippen LogP contribution in [0.4, 0.5) is 0 Å². The molecule has 0 amide bonds. The van der Waals surface area contributed by atoms with Crippen LogP contribution in [-0.2, 0) is 4.74 Å². The number of methoxy groups -OCH3 is 1. The van der Waals surface area contributed by atoms with Gasteiger partial charge in [-0.1, -0.05) is 34.2 Å². The molecule has 0 radical (unpaired) electrons. The topological polar surface area (TPSA) is 9.23 Å². The predicted molar refractivity (Wildman–Crippen MR) is 54.8 cm³/mol. The maximum Gasteiger partial charge on any atom is 0.153 e. The highest BCUT2D eigenvalue weighted by atomic mass is 127. The van der Waals surface area contributed by atoms with E-state index in [0.717, 1.165) is 0 Å². The smallest absolute Gasteiger partial charge is 0.153 e. The lowest BCUT2D eigenvalue weighted by atomic mass is 10.1. The van der Waals surface area contributed by atoms with Crippen LogP contribution in [0.1, 0.15) is 0 Å². The van der Waals surface area contributed by atoms with Gasteiger partial charge in [-0.05, 0) is 28.7 Å². The van der Waals surface area contributed by atoms with E-state index in [9.17, 15) is 0 Å². The number of alkyl halides is 2. The number of halogens is 2. The standard InChI is InChI=1S/C7H8BrIO/c1-10-7(9)5-3-2-4-6(7)8/h2-6H,1H3. The number of hydrogen-bond donors (Lipinski definition) is 0. The summed E-state index contributed by atoms with van der Waals surface area (Å²) in [5.41, 5.74) is 0. The maximum atomic E-state index is 5.29. The fourth-order valence-electron chi connectivity index (χ4n) is 0.752. The molecule has 2 atom stereocenters. The van der Waals surface area contributed by atoms with Crippen LogP contribution in [0, 0.1) is 0 Å². The Morgan fingerprint density at radius 2 is 2.30 bits per heavy atom. The lowest BCUT2D eigenvalue weighted by molar-refractivity contribution is 0.133. The Balaban J connectivity index is 2.77. The van der Waals surface area contributed by atoms with Gasteiger partial charge in [0.1, 0.15) is 0 Å². The van der Waals surface area contributed by atoms with Gasteiger partial charge in [-0.25, -0.2) is 0 Å². The van der Waals surface area contributed by atoms with Gasteiger partial charge in [-0.2, -0.15) is 0 Å². The fourth-order valence-corrected chi connectivity index (χ4v) is 1.68. The molecule has 0 aliphatic heterocycles. The van der Waals surface area contributed by atoms with E-state index in [1.54, 1.807) is 7.11 Å². The average Bonchev–Trinajstić information content (AvgIpc) is 1.96.